The van der Waals surface area contributed by atoms with Crippen molar-refractivity contribution in [3.05, 3.63) is 0 Å². The van der Waals surface area contributed by atoms with E-state index in [0.717, 1.165) is 24.8 Å². The maximum absolute atomic E-state index is 11.2. The molecule has 0 spiro atoms. The number of hydrogen-bond donors (Lipinski definition) is 1. The fourth-order valence-corrected chi connectivity index (χ4v) is 2.91. The molecule has 2 saturated carbocycles. The lowest BCUT2D eigenvalue weighted by molar-refractivity contribution is -0.119. The van der Waals surface area contributed by atoms with Crippen LogP contribution < -0.4 is 5.32 Å². The lowest BCUT2D eigenvalue weighted by atomic mass is 9.77. The maximum Gasteiger partial charge on any atom is 0.220 e. The summed E-state index contributed by atoms with van der Waals surface area (Å²) >= 11 is 0. The summed E-state index contributed by atoms with van der Waals surface area (Å²) in [6, 6.07) is 0. The Labute approximate surface area is 72.7 Å². The number of nitrogens with one attached hydrogen (secondary N) is 1. The molecular formula is C10H15NO. The SMILES string of the molecule is O=C1CC(C2CC2)(C2CC2)CN1. The van der Waals surface area contributed by atoms with Gasteiger partial charge in [-0.1, -0.05) is 0 Å². The van der Waals surface area contributed by atoms with Gasteiger partial charge < -0.3 is 5.32 Å². The van der Waals surface area contributed by atoms with Crippen molar-refractivity contribution in [1.29, 1.82) is 0 Å². The molecule has 2 aliphatic carbocycles. The molecule has 0 aromatic rings. The van der Waals surface area contributed by atoms with E-state index in [0.29, 0.717) is 11.3 Å². The first-order chi connectivity index (χ1) is 5.81. The van der Waals surface area contributed by atoms with E-state index >= 15 is 0 Å². The standard InChI is InChI=1S/C10H15NO/c12-9-5-10(6-11-9,7-1-2-7)8-3-4-8/h7-8H,1-6H2,(H,11,12). The van der Waals surface area contributed by atoms with Gasteiger partial charge in [-0.05, 0) is 37.5 Å². The van der Waals surface area contributed by atoms with Gasteiger partial charge in [-0.15, -0.1) is 0 Å². The summed E-state index contributed by atoms with van der Waals surface area (Å²) in [5.74, 6) is 2.08. The van der Waals surface area contributed by atoms with Gasteiger partial charge >= 0.3 is 0 Å². The molecule has 12 heavy (non-hydrogen) atoms. The van der Waals surface area contributed by atoms with Crippen LogP contribution in [0.2, 0.25) is 0 Å². The van der Waals surface area contributed by atoms with Gasteiger partial charge in [0.15, 0.2) is 0 Å². The van der Waals surface area contributed by atoms with E-state index in [1.165, 1.54) is 25.7 Å². The number of carbonyl (C=O) groups is 1. The van der Waals surface area contributed by atoms with Gasteiger partial charge in [-0.2, -0.15) is 0 Å². The van der Waals surface area contributed by atoms with Crippen LogP contribution in [-0.2, 0) is 4.79 Å². The zero-order chi connectivity index (χ0) is 8.18. The summed E-state index contributed by atoms with van der Waals surface area (Å²) in [7, 11) is 0. The fourth-order valence-electron chi connectivity index (χ4n) is 2.91. The maximum atomic E-state index is 11.2. The van der Waals surface area contributed by atoms with Gasteiger partial charge in [0.1, 0.15) is 0 Å². The number of hydrogen-bond acceptors (Lipinski definition) is 1. The monoisotopic (exact) mass is 165 g/mol. The highest BCUT2D eigenvalue weighted by Crippen LogP contribution is 2.60. The van der Waals surface area contributed by atoms with Crippen molar-refractivity contribution < 1.29 is 4.79 Å². The van der Waals surface area contributed by atoms with Crippen LogP contribution in [0.1, 0.15) is 32.1 Å². The van der Waals surface area contributed by atoms with E-state index in [9.17, 15) is 4.79 Å². The van der Waals surface area contributed by atoms with Crippen molar-refractivity contribution in [3.63, 3.8) is 0 Å². The van der Waals surface area contributed by atoms with Crippen LogP contribution in [0.15, 0.2) is 0 Å². The Kier molecular flexibility index (Phi) is 1.18. The first-order valence-corrected chi connectivity index (χ1v) is 5.08. The summed E-state index contributed by atoms with van der Waals surface area (Å²) in [6.45, 7) is 0.987. The predicted molar refractivity (Wildman–Crippen MR) is 45.5 cm³/mol. The third-order valence-electron chi connectivity index (χ3n) is 3.89. The van der Waals surface area contributed by atoms with Crippen molar-refractivity contribution in [2.45, 2.75) is 32.1 Å². The second-order valence-corrected chi connectivity index (χ2v) is 4.74. The van der Waals surface area contributed by atoms with E-state index < -0.39 is 0 Å². The number of amides is 1. The molecule has 0 aromatic carbocycles. The molecule has 66 valence electrons. The Hall–Kier alpha value is -0.530. The molecule has 0 radical (unpaired) electrons. The van der Waals surface area contributed by atoms with Crippen LogP contribution >= 0.6 is 0 Å². The number of rotatable bonds is 2. The smallest absolute Gasteiger partial charge is 0.220 e. The molecule has 0 atom stereocenters. The molecule has 1 saturated heterocycles. The summed E-state index contributed by atoms with van der Waals surface area (Å²) in [4.78, 5) is 11.2. The average molecular weight is 165 g/mol. The molecule has 0 bridgehead atoms. The summed E-state index contributed by atoms with van der Waals surface area (Å²) in [5, 5.41) is 3.01. The van der Waals surface area contributed by atoms with Gasteiger partial charge in [0, 0.05) is 18.4 Å². The molecule has 0 unspecified atom stereocenters. The lowest BCUT2D eigenvalue weighted by Gasteiger charge is -2.26. The largest absolute Gasteiger partial charge is 0.355 e. The Morgan fingerprint density at radius 1 is 1.17 bits per heavy atom. The van der Waals surface area contributed by atoms with Crippen LogP contribution in [0.25, 0.3) is 0 Å². The van der Waals surface area contributed by atoms with E-state index in [1.807, 2.05) is 0 Å². The molecule has 3 fully saturated rings. The van der Waals surface area contributed by atoms with Gasteiger partial charge in [0.05, 0.1) is 0 Å². The van der Waals surface area contributed by atoms with Crippen molar-refractivity contribution in [2.75, 3.05) is 6.54 Å². The molecule has 1 N–H and O–H groups in total. The zero-order valence-electron chi connectivity index (χ0n) is 7.31. The van der Waals surface area contributed by atoms with E-state index in [4.69, 9.17) is 0 Å². The van der Waals surface area contributed by atoms with Crippen molar-refractivity contribution in [3.8, 4) is 0 Å². The van der Waals surface area contributed by atoms with Gasteiger partial charge in [0.2, 0.25) is 5.91 Å². The highest BCUT2D eigenvalue weighted by molar-refractivity contribution is 5.79. The minimum atomic E-state index is 0.300. The molecule has 1 heterocycles. The highest BCUT2D eigenvalue weighted by atomic mass is 16.1. The third kappa shape index (κ3) is 0.838. The van der Waals surface area contributed by atoms with Gasteiger partial charge in [0.25, 0.3) is 0 Å². The molecule has 1 aliphatic heterocycles. The molecule has 3 aliphatic rings. The minimum Gasteiger partial charge on any atom is -0.355 e. The summed E-state index contributed by atoms with van der Waals surface area (Å²) < 4.78 is 0. The second kappa shape index (κ2) is 2.04. The van der Waals surface area contributed by atoms with Gasteiger partial charge in [-0.3, -0.25) is 4.79 Å². The van der Waals surface area contributed by atoms with E-state index in [-0.39, 0.29) is 0 Å². The van der Waals surface area contributed by atoms with Crippen molar-refractivity contribution in [1.82, 2.24) is 5.32 Å². The Balaban J connectivity index is 1.86. The van der Waals surface area contributed by atoms with Crippen molar-refractivity contribution >= 4 is 5.91 Å². The van der Waals surface area contributed by atoms with Crippen molar-refractivity contribution in [2.24, 2.45) is 17.3 Å². The average Bonchev–Trinajstić information content (AvgIpc) is 2.92. The first-order valence-electron chi connectivity index (χ1n) is 5.08. The second-order valence-electron chi connectivity index (χ2n) is 4.74. The zero-order valence-corrected chi connectivity index (χ0v) is 7.31. The Morgan fingerprint density at radius 2 is 1.75 bits per heavy atom. The van der Waals surface area contributed by atoms with Crippen LogP contribution in [0.5, 0.6) is 0 Å². The Bertz CT molecular complexity index is 216. The Morgan fingerprint density at radius 3 is 2.08 bits per heavy atom. The van der Waals surface area contributed by atoms with Crippen LogP contribution in [-0.4, -0.2) is 12.5 Å². The summed E-state index contributed by atoms with van der Waals surface area (Å²) in [6.07, 6.45) is 6.36. The molecular weight excluding hydrogens is 150 g/mol. The quantitative estimate of drug-likeness (QED) is 0.656. The topological polar surface area (TPSA) is 29.1 Å². The molecule has 2 nitrogen and oxygen atoms in total. The van der Waals surface area contributed by atoms with Crippen LogP contribution in [0.4, 0.5) is 0 Å². The number of carbonyl (C=O) groups excluding carboxylic acids is 1. The van der Waals surface area contributed by atoms with E-state index in [1.54, 1.807) is 0 Å². The van der Waals surface area contributed by atoms with Crippen LogP contribution in [0.3, 0.4) is 0 Å². The molecule has 2 heteroatoms. The predicted octanol–water partition coefficient (Wildman–Crippen LogP) is 1.31. The van der Waals surface area contributed by atoms with Crippen LogP contribution in [0, 0.1) is 17.3 Å². The molecule has 3 rings (SSSR count). The fraction of sp³-hybridized carbons (Fsp3) is 0.900. The van der Waals surface area contributed by atoms with E-state index in [2.05, 4.69) is 5.32 Å². The molecule has 1 amide bonds. The first kappa shape index (κ1) is 6.93. The minimum absolute atomic E-state index is 0.300. The third-order valence-corrected chi connectivity index (χ3v) is 3.89. The highest BCUT2D eigenvalue weighted by Gasteiger charge is 2.57. The summed E-state index contributed by atoms with van der Waals surface area (Å²) in [5.41, 5.74) is 0.428. The molecule has 0 aromatic heterocycles. The van der Waals surface area contributed by atoms with Gasteiger partial charge in [-0.25, -0.2) is 0 Å². The lowest BCUT2D eigenvalue weighted by Crippen LogP contribution is -2.28. The normalized spacial score (nSPS) is 33.5.